The molecule has 0 unspecified atom stereocenters. The van der Waals surface area contributed by atoms with Crippen LogP contribution in [0, 0.1) is 29.2 Å². The fourth-order valence-electron chi connectivity index (χ4n) is 3.66. The molecule has 30 heavy (non-hydrogen) atoms. The average molecular weight is 432 g/mol. The van der Waals surface area contributed by atoms with Crippen molar-refractivity contribution in [2.24, 2.45) is 5.92 Å². The van der Waals surface area contributed by atoms with Gasteiger partial charge in [-0.05, 0) is 49.3 Å². The smallest absolute Gasteiger partial charge is 0.421 e. The van der Waals surface area contributed by atoms with E-state index in [9.17, 15) is 26.3 Å². The second-order valence-electron chi connectivity index (χ2n) is 7.49. The van der Waals surface area contributed by atoms with Crippen molar-refractivity contribution < 1.29 is 35.8 Å². The summed E-state index contributed by atoms with van der Waals surface area (Å²) in [6.45, 7) is 1.05. The second kappa shape index (κ2) is 9.29. The van der Waals surface area contributed by atoms with Gasteiger partial charge in [0.05, 0.1) is 11.7 Å². The van der Waals surface area contributed by atoms with Gasteiger partial charge in [0.25, 0.3) is 0 Å². The zero-order valence-electron chi connectivity index (χ0n) is 16.4. The molecule has 0 N–H and O–H groups in total. The van der Waals surface area contributed by atoms with Crippen LogP contribution in [0.25, 0.3) is 11.1 Å². The summed E-state index contributed by atoms with van der Waals surface area (Å²) in [6, 6.07) is 3.46. The van der Waals surface area contributed by atoms with Crippen molar-refractivity contribution in [1.29, 1.82) is 0 Å². The van der Waals surface area contributed by atoms with E-state index < -0.39 is 47.3 Å². The number of alkyl halides is 2. The van der Waals surface area contributed by atoms with E-state index in [1.807, 2.05) is 0 Å². The van der Waals surface area contributed by atoms with E-state index >= 15 is 0 Å². The van der Waals surface area contributed by atoms with Gasteiger partial charge in [0.1, 0.15) is 17.4 Å². The summed E-state index contributed by atoms with van der Waals surface area (Å²) >= 11 is 0. The monoisotopic (exact) mass is 432 g/mol. The maximum atomic E-state index is 14.3. The van der Waals surface area contributed by atoms with Gasteiger partial charge in [-0.15, -0.1) is 0 Å². The van der Waals surface area contributed by atoms with Crippen molar-refractivity contribution in [3.63, 3.8) is 0 Å². The Hall–Kier alpha value is -2.22. The van der Waals surface area contributed by atoms with Crippen molar-refractivity contribution in [2.45, 2.75) is 51.2 Å². The van der Waals surface area contributed by atoms with Gasteiger partial charge in [-0.3, -0.25) is 0 Å². The molecule has 1 aliphatic carbocycles. The molecule has 0 spiro atoms. The summed E-state index contributed by atoms with van der Waals surface area (Å²) in [7, 11) is 0. The lowest BCUT2D eigenvalue weighted by molar-refractivity contribution is -0.222. The van der Waals surface area contributed by atoms with Gasteiger partial charge in [0, 0.05) is 12.1 Å². The van der Waals surface area contributed by atoms with Crippen LogP contribution in [0.3, 0.4) is 0 Å². The standard InChI is InChI=1S/C22H22F6O2/c1-2-13-3-6-15(7-4-13)29-12-22(27,28)30-16-10-19(25)21(20(26)11-16)14-5-8-17(23)18(24)9-14/h5,8-11,13,15H,2-4,6-7,12H2,1H3. The quantitative estimate of drug-likeness (QED) is 0.445. The maximum absolute atomic E-state index is 14.3. The van der Waals surface area contributed by atoms with Crippen LogP contribution < -0.4 is 4.74 Å². The Kier molecular flexibility index (Phi) is 6.95. The summed E-state index contributed by atoms with van der Waals surface area (Å²) < 4.78 is 93.0. The molecule has 1 fully saturated rings. The van der Waals surface area contributed by atoms with Gasteiger partial charge in [-0.2, -0.15) is 8.78 Å². The lowest BCUT2D eigenvalue weighted by atomic mass is 9.86. The van der Waals surface area contributed by atoms with Crippen LogP contribution in [0.5, 0.6) is 5.75 Å². The predicted octanol–water partition coefficient (Wildman–Crippen LogP) is 6.87. The summed E-state index contributed by atoms with van der Waals surface area (Å²) in [5.41, 5.74) is -0.943. The molecule has 3 rings (SSSR count). The molecule has 2 aromatic rings. The van der Waals surface area contributed by atoms with Crippen LogP contribution in [-0.4, -0.2) is 18.8 Å². The molecule has 0 bridgehead atoms. The third-order valence-corrected chi connectivity index (χ3v) is 5.35. The number of hydrogen-bond donors (Lipinski definition) is 0. The van der Waals surface area contributed by atoms with E-state index in [2.05, 4.69) is 11.7 Å². The van der Waals surface area contributed by atoms with Gasteiger partial charge in [0.2, 0.25) is 0 Å². The van der Waals surface area contributed by atoms with Crippen LogP contribution >= 0.6 is 0 Å². The SMILES string of the molecule is CCC1CCC(OCC(F)(F)Oc2cc(F)c(-c3ccc(F)c(F)c3)c(F)c2)CC1. The van der Waals surface area contributed by atoms with Gasteiger partial charge < -0.3 is 9.47 Å². The Balaban J connectivity index is 1.66. The van der Waals surface area contributed by atoms with Gasteiger partial charge in [0.15, 0.2) is 18.2 Å². The van der Waals surface area contributed by atoms with E-state index in [4.69, 9.17) is 4.74 Å². The van der Waals surface area contributed by atoms with Crippen LogP contribution in [-0.2, 0) is 4.74 Å². The fourth-order valence-corrected chi connectivity index (χ4v) is 3.66. The molecule has 1 saturated carbocycles. The molecule has 0 saturated heterocycles. The largest absolute Gasteiger partial charge is 0.431 e. The van der Waals surface area contributed by atoms with Crippen molar-refractivity contribution in [1.82, 2.24) is 0 Å². The highest BCUT2D eigenvalue weighted by molar-refractivity contribution is 5.66. The lowest BCUT2D eigenvalue weighted by Gasteiger charge is -2.29. The van der Waals surface area contributed by atoms with E-state index in [1.54, 1.807) is 0 Å². The van der Waals surface area contributed by atoms with E-state index in [0.717, 1.165) is 25.3 Å². The maximum Gasteiger partial charge on any atom is 0.421 e. The van der Waals surface area contributed by atoms with Crippen molar-refractivity contribution in [2.75, 3.05) is 6.61 Å². The molecule has 2 aromatic carbocycles. The molecule has 0 aliphatic heterocycles. The zero-order chi connectivity index (χ0) is 21.9. The summed E-state index contributed by atoms with van der Waals surface area (Å²) in [5, 5.41) is 0. The summed E-state index contributed by atoms with van der Waals surface area (Å²) in [4.78, 5) is 0. The predicted molar refractivity (Wildman–Crippen MR) is 99.3 cm³/mol. The molecule has 2 nitrogen and oxygen atoms in total. The number of hydrogen-bond acceptors (Lipinski definition) is 2. The number of benzene rings is 2. The normalized spacial score (nSPS) is 19.7. The molecular formula is C22H22F6O2. The van der Waals surface area contributed by atoms with E-state index in [-0.39, 0.29) is 11.7 Å². The van der Waals surface area contributed by atoms with Gasteiger partial charge in [-0.25, -0.2) is 17.6 Å². The first-order valence-corrected chi connectivity index (χ1v) is 9.81. The van der Waals surface area contributed by atoms with Crippen molar-refractivity contribution in [3.05, 3.63) is 53.6 Å². The van der Waals surface area contributed by atoms with Crippen LogP contribution in [0.1, 0.15) is 39.0 Å². The zero-order valence-corrected chi connectivity index (χ0v) is 16.4. The molecule has 164 valence electrons. The van der Waals surface area contributed by atoms with Gasteiger partial charge >= 0.3 is 6.11 Å². The number of rotatable bonds is 7. The van der Waals surface area contributed by atoms with Crippen LogP contribution in [0.15, 0.2) is 30.3 Å². The molecule has 1 aliphatic rings. The molecule has 0 heterocycles. The highest BCUT2D eigenvalue weighted by Crippen LogP contribution is 2.33. The number of ether oxygens (including phenoxy) is 2. The minimum Gasteiger partial charge on any atom is -0.431 e. The van der Waals surface area contributed by atoms with Crippen LogP contribution in [0.4, 0.5) is 26.3 Å². The third kappa shape index (κ3) is 5.47. The lowest BCUT2D eigenvalue weighted by Crippen LogP contribution is -2.34. The Morgan fingerprint density at radius 1 is 0.867 bits per heavy atom. The average Bonchev–Trinajstić information content (AvgIpc) is 2.68. The molecule has 0 radical (unpaired) electrons. The Morgan fingerprint density at radius 2 is 1.50 bits per heavy atom. The fraction of sp³-hybridized carbons (Fsp3) is 0.455. The topological polar surface area (TPSA) is 18.5 Å². The van der Waals surface area contributed by atoms with Crippen molar-refractivity contribution in [3.8, 4) is 16.9 Å². The molecule has 0 aromatic heterocycles. The van der Waals surface area contributed by atoms with Crippen molar-refractivity contribution >= 4 is 0 Å². The van der Waals surface area contributed by atoms with Crippen LogP contribution in [0.2, 0.25) is 0 Å². The Bertz CT molecular complexity index is 855. The summed E-state index contributed by atoms with van der Waals surface area (Å²) in [6.07, 6.45) is 0.145. The molecule has 0 atom stereocenters. The first kappa shape index (κ1) is 22.5. The van der Waals surface area contributed by atoms with E-state index in [0.29, 0.717) is 43.0 Å². The van der Waals surface area contributed by atoms with Gasteiger partial charge in [-0.1, -0.05) is 19.4 Å². The third-order valence-electron chi connectivity index (χ3n) is 5.35. The first-order chi connectivity index (χ1) is 14.2. The Morgan fingerprint density at radius 3 is 2.07 bits per heavy atom. The number of halogens is 6. The molecular weight excluding hydrogens is 410 g/mol. The molecule has 0 amide bonds. The first-order valence-electron chi connectivity index (χ1n) is 9.81. The highest BCUT2D eigenvalue weighted by Gasteiger charge is 2.35. The highest BCUT2D eigenvalue weighted by atomic mass is 19.3. The molecule has 8 heteroatoms. The Labute approximate surface area is 170 Å². The second-order valence-corrected chi connectivity index (χ2v) is 7.49. The van der Waals surface area contributed by atoms with E-state index in [1.165, 1.54) is 0 Å². The minimum atomic E-state index is -3.79. The minimum absolute atomic E-state index is 0.270. The summed E-state index contributed by atoms with van der Waals surface area (Å²) in [5.74, 6) is -5.11.